The number of pyridine rings is 1. The molecule has 1 atom stereocenters. The van der Waals surface area contributed by atoms with Crippen LogP contribution in [0.3, 0.4) is 0 Å². The monoisotopic (exact) mass is 266 g/mol. The average Bonchev–Trinajstić information content (AvgIpc) is 2.42. The number of aliphatic carboxylic acids is 1. The molecule has 2 N–H and O–H groups in total. The molecule has 0 aromatic carbocycles. The summed E-state index contributed by atoms with van der Waals surface area (Å²) >= 11 is 0. The largest absolute Gasteiger partial charge is 0.481 e. The molecular formula is C13H18N2O4. The van der Waals surface area contributed by atoms with E-state index < -0.39 is 17.9 Å². The zero-order valence-corrected chi connectivity index (χ0v) is 11.0. The van der Waals surface area contributed by atoms with Crippen molar-refractivity contribution in [2.75, 3.05) is 19.0 Å². The quantitative estimate of drug-likeness (QED) is 0.731. The highest BCUT2D eigenvalue weighted by molar-refractivity contribution is 5.88. The highest BCUT2D eigenvalue weighted by Gasteiger charge is 2.16. The number of esters is 1. The molecule has 0 aliphatic carbocycles. The van der Waals surface area contributed by atoms with Crippen LogP contribution in [0.2, 0.25) is 0 Å². The summed E-state index contributed by atoms with van der Waals surface area (Å²) in [5.41, 5.74) is 0.840. The van der Waals surface area contributed by atoms with E-state index in [1.54, 1.807) is 6.07 Å². The third-order valence-corrected chi connectivity index (χ3v) is 2.69. The third-order valence-electron chi connectivity index (χ3n) is 2.69. The van der Waals surface area contributed by atoms with Gasteiger partial charge in [0.1, 0.15) is 5.69 Å². The van der Waals surface area contributed by atoms with Crippen molar-refractivity contribution in [2.45, 2.75) is 19.8 Å². The molecule has 1 heterocycles. The van der Waals surface area contributed by atoms with Gasteiger partial charge in [0.15, 0.2) is 0 Å². The Balaban J connectivity index is 2.66. The van der Waals surface area contributed by atoms with Crippen molar-refractivity contribution < 1.29 is 19.4 Å². The average molecular weight is 266 g/mol. The van der Waals surface area contributed by atoms with Gasteiger partial charge in [0.2, 0.25) is 0 Å². The van der Waals surface area contributed by atoms with Crippen LogP contribution in [-0.2, 0) is 9.53 Å². The molecule has 1 unspecified atom stereocenters. The number of hydrogen-bond acceptors (Lipinski definition) is 5. The summed E-state index contributed by atoms with van der Waals surface area (Å²) in [7, 11) is 1.28. The highest BCUT2D eigenvalue weighted by atomic mass is 16.5. The molecule has 0 radical (unpaired) electrons. The Morgan fingerprint density at radius 2 is 2.26 bits per heavy atom. The van der Waals surface area contributed by atoms with Crippen LogP contribution in [0.15, 0.2) is 18.3 Å². The molecular weight excluding hydrogens is 248 g/mol. The minimum absolute atomic E-state index is 0.190. The number of nitrogens with one attached hydrogen (secondary N) is 1. The Morgan fingerprint density at radius 3 is 2.84 bits per heavy atom. The van der Waals surface area contributed by atoms with Gasteiger partial charge in [-0.1, -0.05) is 13.3 Å². The van der Waals surface area contributed by atoms with Crippen molar-refractivity contribution in [3.05, 3.63) is 24.0 Å². The van der Waals surface area contributed by atoms with Crippen molar-refractivity contribution in [1.29, 1.82) is 0 Å². The number of carbonyl (C=O) groups excluding carboxylic acids is 1. The Kier molecular flexibility index (Phi) is 5.78. The number of carbonyl (C=O) groups is 2. The molecule has 1 aromatic rings. The minimum Gasteiger partial charge on any atom is -0.481 e. The van der Waals surface area contributed by atoms with Crippen LogP contribution in [0.4, 0.5) is 5.69 Å². The van der Waals surface area contributed by atoms with Gasteiger partial charge in [0, 0.05) is 18.4 Å². The van der Waals surface area contributed by atoms with Crippen LogP contribution in [0.1, 0.15) is 30.3 Å². The molecule has 0 saturated carbocycles. The molecule has 0 spiro atoms. The minimum atomic E-state index is -0.823. The summed E-state index contributed by atoms with van der Waals surface area (Å²) in [5.74, 6) is -1.79. The van der Waals surface area contributed by atoms with Gasteiger partial charge in [-0.15, -0.1) is 0 Å². The second-order valence-corrected chi connectivity index (χ2v) is 4.13. The molecule has 6 heteroatoms. The summed E-state index contributed by atoms with van der Waals surface area (Å²) in [6, 6.07) is 3.22. The van der Waals surface area contributed by atoms with Crippen LogP contribution < -0.4 is 5.32 Å². The molecule has 0 bridgehead atoms. The first-order chi connectivity index (χ1) is 9.08. The van der Waals surface area contributed by atoms with Crippen LogP contribution in [0.25, 0.3) is 0 Å². The van der Waals surface area contributed by atoms with Crippen molar-refractivity contribution in [1.82, 2.24) is 4.98 Å². The van der Waals surface area contributed by atoms with Crippen LogP contribution in [0, 0.1) is 5.92 Å². The van der Waals surface area contributed by atoms with E-state index in [4.69, 9.17) is 5.11 Å². The zero-order valence-electron chi connectivity index (χ0n) is 11.0. The molecule has 6 nitrogen and oxygen atoms in total. The first kappa shape index (κ1) is 14.9. The Morgan fingerprint density at radius 1 is 1.53 bits per heavy atom. The Bertz CT molecular complexity index is 448. The SMILES string of the molecule is CCCC(CNc1ccnc(C(=O)OC)c1)C(=O)O. The number of anilines is 1. The smallest absolute Gasteiger partial charge is 0.356 e. The zero-order chi connectivity index (χ0) is 14.3. The van der Waals surface area contributed by atoms with E-state index in [0.29, 0.717) is 18.7 Å². The van der Waals surface area contributed by atoms with Gasteiger partial charge >= 0.3 is 11.9 Å². The number of ether oxygens (including phenoxy) is 1. The number of rotatable bonds is 7. The lowest BCUT2D eigenvalue weighted by atomic mass is 10.0. The van der Waals surface area contributed by atoms with Crippen molar-refractivity contribution >= 4 is 17.6 Å². The fourth-order valence-electron chi connectivity index (χ4n) is 1.66. The van der Waals surface area contributed by atoms with Gasteiger partial charge in [-0.25, -0.2) is 9.78 Å². The number of methoxy groups -OCH3 is 1. The maximum Gasteiger partial charge on any atom is 0.356 e. The van der Waals surface area contributed by atoms with E-state index >= 15 is 0 Å². The summed E-state index contributed by atoms with van der Waals surface area (Å²) < 4.78 is 4.57. The predicted molar refractivity (Wildman–Crippen MR) is 70.1 cm³/mol. The van der Waals surface area contributed by atoms with Gasteiger partial charge < -0.3 is 15.2 Å². The van der Waals surface area contributed by atoms with E-state index in [-0.39, 0.29) is 5.69 Å². The predicted octanol–water partition coefficient (Wildman–Crippen LogP) is 1.78. The first-order valence-corrected chi connectivity index (χ1v) is 6.09. The van der Waals surface area contributed by atoms with Crippen molar-refractivity contribution in [3.63, 3.8) is 0 Å². The normalized spacial score (nSPS) is 11.7. The second kappa shape index (κ2) is 7.35. The summed E-state index contributed by atoms with van der Waals surface area (Å²) in [4.78, 5) is 26.2. The van der Waals surface area contributed by atoms with E-state index in [0.717, 1.165) is 6.42 Å². The van der Waals surface area contributed by atoms with Gasteiger partial charge in [0.05, 0.1) is 13.0 Å². The summed E-state index contributed by atoms with van der Waals surface area (Å²) in [6.07, 6.45) is 2.89. The molecule has 0 saturated heterocycles. The van der Waals surface area contributed by atoms with Crippen molar-refractivity contribution in [3.8, 4) is 0 Å². The van der Waals surface area contributed by atoms with Gasteiger partial charge in [-0.2, -0.15) is 0 Å². The fraction of sp³-hybridized carbons (Fsp3) is 0.462. The highest BCUT2D eigenvalue weighted by Crippen LogP contribution is 2.12. The van der Waals surface area contributed by atoms with Crippen LogP contribution >= 0.6 is 0 Å². The summed E-state index contributed by atoms with van der Waals surface area (Å²) in [6.45, 7) is 2.26. The topological polar surface area (TPSA) is 88.5 Å². The molecule has 0 fully saturated rings. The number of aromatic nitrogens is 1. The van der Waals surface area contributed by atoms with E-state index in [1.165, 1.54) is 19.4 Å². The molecule has 0 amide bonds. The molecule has 104 valence electrons. The lowest BCUT2D eigenvalue weighted by Crippen LogP contribution is -2.22. The van der Waals surface area contributed by atoms with Gasteiger partial charge in [-0.05, 0) is 18.6 Å². The van der Waals surface area contributed by atoms with E-state index in [2.05, 4.69) is 15.0 Å². The van der Waals surface area contributed by atoms with E-state index in [9.17, 15) is 9.59 Å². The maximum atomic E-state index is 11.3. The molecule has 0 aliphatic heterocycles. The van der Waals surface area contributed by atoms with Gasteiger partial charge in [0.25, 0.3) is 0 Å². The lowest BCUT2D eigenvalue weighted by molar-refractivity contribution is -0.141. The molecule has 1 rings (SSSR count). The fourth-order valence-corrected chi connectivity index (χ4v) is 1.66. The molecule has 0 aliphatic rings. The summed E-state index contributed by atoms with van der Waals surface area (Å²) in [5, 5.41) is 12.0. The van der Waals surface area contributed by atoms with Crippen LogP contribution in [0.5, 0.6) is 0 Å². The first-order valence-electron chi connectivity index (χ1n) is 6.09. The Hall–Kier alpha value is -2.11. The van der Waals surface area contributed by atoms with Crippen molar-refractivity contribution in [2.24, 2.45) is 5.92 Å². The van der Waals surface area contributed by atoms with Gasteiger partial charge in [-0.3, -0.25) is 4.79 Å². The second-order valence-electron chi connectivity index (χ2n) is 4.13. The number of hydrogen-bond donors (Lipinski definition) is 2. The molecule has 1 aromatic heterocycles. The standard InChI is InChI=1S/C13H18N2O4/c1-3-4-9(12(16)17)8-15-10-5-6-14-11(7-10)13(18)19-2/h5-7,9H,3-4,8H2,1-2H3,(H,14,15)(H,16,17). The Labute approximate surface area is 111 Å². The number of carboxylic acid groups (broad SMARTS) is 1. The third kappa shape index (κ3) is 4.57. The number of carboxylic acids is 1. The molecule has 19 heavy (non-hydrogen) atoms. The van der Waals surface area contributed by atoms with E-state index in [1.807, 2.05) is 6.92 Å². The number of nitrogens with zero attached hydrogens (tertiary/aromatic N) is 1. The lowest BCUT2D eigenvalue weighted by Gasteiger charge is -2.13. The van der Waals surface area contributed by atoms with Crippen LogP contribution in [-0.4, -0.2) is 35.7 Å². The maximum absolute atomic E-state index is 11.3.